The van der Waals surface area contributed by atoms with E-state index in [0.717, 1.165) is 25.0 Å². The third kappa shape index (κ3) is 6.38. The van der Waals surface area contributed by atoms with Gasteiger partial charge in [0.25, 0.3) is 15.9 Å². The van der Waals surface area contributed by atoms with Gasteiger partial charge in [0, 0.05) is 30.0 Å². The number of benzene rings is 3. The Balaban J connectivity index is 1.50. The lowest BCUT2D eigenvalue weighted by Gasteiger charge is -2.17. The van der Waals surface area contributed by atoms with Gasteiger partial charge in [0.05, 0.1) is 20.4 Å². The van der Waals surface area contributed by atoms with E-state index >= 15 is 0 Å². The monoisotopic (exact) mass is 601 g/mol. The molecular weight excluding hydrogens is 579 g/mol. The summed E-state index contributed by atoms with van der Waals surface area (Å²) in [7, 11) is -8.00. The highest BCUT2D eigenvalue weighted by atomic mass is 35.5. The summed E-state index contributed by atoms with van der Waals surface area (Å²) in [5.74, 6) is -0.597. The van der Waals surface area contributed by atoms with Crippen LogP contribution in [0.15, 0.2) is 70.5 Å². The van der Waals surface area contributed by atoms with Crippen LogP contribution in [0, 0.1) is 6.92 Å². The largest absolute Gasteiger partial charge is 0.417 e. The Morgan fingerprint density at radius 3 is 2.08 bits per heavy atom. The minimum atomic E-state index is -4.77. The average molecular weight is 602 g/mol. The van der Waals surface area contributed by atoms with Gasteiger partial charge in [-0.1, -0.05) is 17.7 Å². The number of anilines is 2. The van der Waals surface area contributed by atoms with Crippen LogP contribution >= 0.6 is 11.6 Å². The highest BCUT2D eigenvalue weighted by Gasteiger charge is 2.34. The second-order valence-electron chi connectivity index (χ2n) is 8.86. The van der Waals surface area contributed by atoms with E-state index in [-0.39, 0.29) is 26.7 Å². The molecule has 8 nitrogen and oxygen atoms in total. The number of hydrogen-bond donors (Lipinski definition) is 2. The van der Waals surface area contributed by atoms with E-state index in [1.165, 1.54) is 40.7 Å². The van der Waals surface area contributed by atoms with Crippen LogP contribution in [-0.4, -0.2) is 40.1 Å². The maximum absolute atomic E-state index is 13.1. The number of halogens is 4. The van der Waals surface area contributed by atoms with Crippen molar-refractivity contribution in [3.63, 3.8) is 0 Å². The molecule has 0 unspecified atom stereocenters. The first-order valence-electron chi connectivity index (χ1n) is 11.6. The zero-order valence-corrected chi connectivity index (χ0v) is 22.8. The Kier molecular flexibility index (Phi) is 7.99. The lowest BCUT2D eigenvalue weighted by Crippen LogP contribution is -2.28. The fourth-order valence-corrected chi connectivity index (χ4v) is 6.84. The molecule has 0 spiro atoms. The van der Waals surface area contributed by atoms with Gasteiger partial charge in [-0.25, -0.2) is 16.8 Å². The molecule has 0 bridgehead atoms. The van der Waals surface area contributed by atoms with E-state index in [9.17, 15) is 34.8 Å². The van der Waals surface area contributed by atoms with E-state index in [1.807, 2.05) is 0 Å². The summed E-state index contributed by atoms with van der Waals surface area (Å²) < 4.78 is 94.0. The van der Waals surface area contributed by atoms with Crippen molar-refractivity contribution >= 4 is 48.9 Å². The van der Waals surface area contributed by atoms with Gasteiger partial charge in [-0.3, -0.25) is 9.52 Å². The van der Waals surface area contributed by atoms with Crippen molar-refractivity contribution in [2.75, 3.05) is 23.1 Å². The summed E-state index contributed by atoms with van der Waals surface area (Å²) in [4.78, 5) is 12.7. The highest BCUT2D eigenvalue weighted by molar-refractivity contribution is 7.92. The fraction of sp³-hybridized carbons (Fsp3) is 0.240. The fourth-order valence-electron chi connectivity index (χ4n) is 4.02. The van der Waals surface area contributed by atoms with Crippen molar-refractivity contribution in [2.24, 2.45) is 0 Å². The lowest BCUT2D eigenvalue weighted by atomic mass is 10.1. The topological polar surface area (TPSA) is 113 Å². The van der Waals surface area contributed by atoms with Crippen molar-refractivity contribution in [1.82, 2.24) is 4.31 Å². The molecule has 1 aliphatic rings. The normalized spacial score (nSPS) is 14.8. The number of carbonyl (C=O) groups is 1. The van der Waals surface area contributed by atoms with Crippen molar-refractivity contribution < 1.29 is 34.8 Å². The molecule has 14 heteroatoms. The van der Waals surface area contributed by atoms with E-state index in [1.54, 1.807) is 13.0 Å². The molecule has 0 aliphatic carbocycles. The van der Waals surface area contributed by atoms with Gasteiger partial charge in [0.15, 0.2) is 0 Å². The maximum atomic E-state index is 13.1. The molecule has 0 saturated carbocycles. The third-order valence-corrected chi connectivity index (χ3v) is 9.72. The maximum Gasteiger partial charge on any atom is 0.417 e. The Morgan fingerprint density at radius 2 is 1.46 bits per heavy atom. The van der Waals surface area contributed by atoms with Crippen LogP contribution in [0.25, 0.3) is 0 Å². The van der Waals surface area contributed by atoms with E-state index in [4.69, 9.17) is 11.6 Å². The van der Waals surface area contributed by atoms with Gasteiger partial charge in [0.1, 0.15) is 0 Å². The van der Waals surface area contributed by atoms with E-state index in [2.05, 4.69) is 10.0 Å². The van der Waals surface area contributed by atoms with Crippen LogP contribution in [0.3, 0.4) is 0 Å². The molecule has 1 amide bonds. The van der Waals surface area contributed by atoms with Crippen LogP contribution in [0.2, 0.25) is 5.02 Å². The molecule has 1 heterocycles. The first-order chi connectivity index (χ1) is 18.2. The Bertz CT molecular complexity index is 1620. The molecule has 0 aromatic heterocycles. The van der Waals surface area contributed by atoms with Crippen LogP contribution < -0.4 is 10.0 Å². The first-order valence-corrected chi connectivity index (χ1v) is 14.9. The van der Waals surface area contributed by atoms with E-state index in [0.29, 0.717) is 24.7 Å². The van der Waals surface area contributed by atoms with Crippen molar-refractivity contribution in [3.05, 3.63) is 82.4 Å². The summed E-state index contributed by atoms with van der Waals surface area (Å²) in [5.41, 5.74) is -0.621. The Labute approximate surface area is 228 Å². The number of amides is 1. The molecule has 1 saturated heterocycles. The predicted molar refractivity (Wildman–Crippen MR) is 141 cm³/mol. The molecule has 4 rings (SSSR count). The van der Waals surface area contributed by atoms with Gasteiger partial charge >= 0.3 is 6.18 Å². The number of rotatable bonds is 7. The van der Waals surface area contributed by atoms with Crippen molar-refractivity contribution in [2.45, 2.75) is 35.7 Å². The molecule has 1 fully saturated rings. The van der Waals surface area contributed by atoms with Crippen LogP contribution in [0.5, 0.6) is 0 Å². The molecular formula is C25H23ClF3N3O5S2. The molecule has 208 valence electrons. The minimum Gasteiger partial charge on any atom is -0.322 e. The van der Waals surface area contributed by atoms with Crippen LogP contribution in [0.4, 0.5) is 24.5 Å². The Morgan fingerprint density at radius 1 is 0.872 bits per heavy atom. The summed E-state index contributed by atoms with van der Waals surface area (Å²) in [6, 6.07) is 11.9. The summed E-state index contributed by atoms with van der Waals surface area (Å²) in [6.45, 7) is 2.50. The average Bonchev–Trinajstić information content (AvgIpc) is 3.41. The smallest absolute Gasteiger partial charge is 0.322 e. The quantitative estimate of drug-likeness (QED) is 0.371. The van der Waals surface area contributed by atoms with Crippen LogP contribution in [0.1, 0.15) is 34.3 Å². The van der Waals surface area contributed by atoms with Gasteiger partial charge in [-0.15, -0.1) is 0 Å². The molecule has 39 heavy (non-hydrogen) atoms. The zero-order chi connectivity index (χ0) is 28.6. The number of aryl methyl sites for hydroxylation is 1. The van der Waals surface area contributed by atoms with Gasteiger partial charge < -0.3 is 5.32 Å². The lowest BCUT2D eigenvalue weighted by molar-refractivity contribution is -0.137. The van der Waals surface area contributed by atoms with Crippen LogP contribution in [-0.2, 0) is 26.2 Å². The van der Waals surface area contributed by atoms with Gasteiger partial charge in [0.2, 0.25) is 10.0 Å². The summed E-state index contributed by atoms with van der Waals surface area (Å²) >= 11 is 5.58. The van der Waals surface area contributed by atoms with Gasteiger partial charge in [-0.05, 0) is 79.9 Å². The number of hydrogen-bond acceptors (Lipinski definition) is 5. The summed E-state index contributed by atoms with van der Waals surface area (Å²) in [6.07, 6.45) is -3.23. The third-order valence-electron chi connectivity index (χ3n) is 6.10. The first kappa shape index (κ1) is 28.9. The summed E-state index contributed by atoms with van der Waals surface area (Å²) in [5, 5.41) is 2.03. The predicted octanol–water partition coefficient (Wildman–Crippen LogP) is 5.50. The second kappa shape index (κ2) is 10.8. The van der Waals surface area contributed by atoms with E-state index < -0.39 is 42.7 Å². The number of carbonyl (C=O) groups excluding carboxylic acids is 1. The number of nitrogens with zero attached hydrogens (tertiary/aromatic N) is 1. The molecule has 1 aliphatic heterocycles. The van der Waals surface area contributed by atoms with Crippen molar-refractivity contribution in [1.29, 1.82) is 0 Å². The van der Waals surface area contributed by atoms with Crippen molar-refractivity contribution in [3.8, 4) is 0 Å². The zero-order valence-electron chi connectivity index (χ0n) is 20.4. The number of alkyl halides is 3. The standard InChI is InChI=1S/C25H23ClF3N3O5S2/c1-16-4-8-20(39(36,37)32-12-2-3-13-32)15-21(16)24(33)30-17-5-9-19(10-6-17)38(34,35)31-18-7-11-23(26)22(14-18)25(27,28)29/h4-11,14-15,31H,2-3,12-13H2,1H3,(H,30,33). The Hall–Kier alpha value is -3.13. The molecule has 0 radical (unpaired) electrons. The van der Waals surface area contributed by atoms with Gasteiger partial charge in [-0.2, -0.15) is 17.5 Å². The highest BCUT2D eigenvalue weighted by Crippen LogP contribution is 2.36. The molecule has 2 N–H and O–H groups in total. The minimum absolute atomic E-state index is 0.00328. The number of nitrogens with one attached hydrogen (secondary N) is 2. The number of sulfonamides is 2. The molecule has 0 atom stereocenters. The SMILES string of the molecule is Cc1ccc(S(=O)(=O)N2CCCC2)cc1C(=O)Nc1ccc(S(=O)(=O)Nc2ccc(Cl)c(C(F)(F)F)c2)cc1. The molecule has 3 aromatic rings. The molecule has 3 aromatic carbocycles. The second-order valence-corrected chi connectivity index (χ2v) is 12.9.